The van der Waals surface area contributed by atoms with E-state index in [0.29, 0.717) is 16.2 Å². The molecular weight excluding hydrogens is 288 g/mol. The lowest BCUT2D eigenvalue weighted by molar-refractivity contribution is 0.489. The second kappa shape index (κ2) is 4.17. The van der Waals surface area contributed by atoms with Crippen molar-refractivity contribution in [3.63, 3.8) is 0 Å². The minimum absolute atomic E-state index is 0.452. The Labute approximate surface area is 129 Å². The van der Waals surface area contributed by atoms with E-state index in [-0.39, 0.29) is 0 Å². The van der Waals surface area contributed by atoms with Crippen molar-refractivity contribution in [1.82, 2.24) is 0 Å². The number of hydrogen-bond donors (Lipinski definition) is 0. The van der Waals surface area contributed by atoms with Gasteiger partial charge in [-0.05, 0) is 51.2 Å². The van der Waals surface area contributed by atoms with Crippen molar-refractivity contribution in [2.45, 2.75) is 0 Å². The van der Waals surface area contributed by atoms with Crippen molar-refractivity contribution in [3.8, 4) is 0 Å². The molecule has 5 rings (SSSR count). The number of rotatable bonds is 0. The zero-order valence-electron chi connectivity index (χ0n) is 12.0. The summed E-state index contributed by atoms with van der Waals surface area (Å²) in [6.07, 6.45) is 0. The monoisotopic (exact) mass is 298 g/mol. The van der Waals surface area contributed by atoms with Gasteiger partial charge in [0.2, 0.25) is 0 Å². The summed E-state index contributed by atoms with van der Waals surface area (Å²) in [5.41, 5.74) is -1.15. The summed E-state index contributed by atoms with van der Waals surface area (Å²) in [4.78, 5) is 24.1. The van der Waals surface area contributed by atoms with Crippen LogP contribution in [0.4, 0.5) is 0 Å². The van der Waals surface area contributed by atoms with E-state index in [0.717, 1.165) is 26.9 Å². The topological polar surface area (TPSA) is 47.3 Å². The van der Waals surface area contributed by atoms with Gasteiger partial charge in [-0.2, -0.15) is 0 Å². The van der Waals surface area contributed by atoms with E-state index in [1.165, 1.54) is 0 Å². The average Bonchev–Trinajstić information content (AvgIpc) is 2.71. The van der Waals surface area contributed by atoms with Crippen molar-refractivity contribution in [2.24, 2.45) is 0 Å². The van der Waals surface area contributed by atoms with Crippen LogP contribution in [0.5, 0.6) is 0 Å². The van der Waals surface area contributed by atoms with Crippen LogP contribution in [0.25, 0.3) is 43.1 Å². The van der Waals surface area contributed by atoms with E-state index in [4.69, 9.17) is 4.42 Å². The third kappa shape index (κ3) is 1.59. The molecule has 0 bridgehead atoms. The summed E-state index contributed by atoms with van der Waals surface area (Å²) in [6.45, 7) is 0. The van der Waals surface area contributed by atoms with Crippen LogP contribution < -0.4 is 11.3 Å². The highest BCUT2D eigenvalue weighted by Gasteiger charge is 2.13. The van der Waals surface area contributed by atoms with Crippen LogP contribution >= 0.6 is 0 Å². The van der Waals surface area contributed by atoms with E-state index in [1.54, 1.807) is 12.1 Å². The van der Waals surface area contributed by atoms with E-state index in [1.807, 2.05) is 24.3 Å². The highest BCUT2D eigenvalue weighted by molar-refractivity contribution is 6.23. The SMILES string of the molecule is O=c1oc(=O)c2ccc3cc4ccccc4cc4ccc1c2c43. The second-order valence-electron chi connectivity index (χ2n) is 5.75. The summed E-state index contributed by atoms with van der Waals surface area (Å²) in [5.74, 6) is 0. The fourth-order valence-electron chi connectivity index (χ4n) is 3.43. The molecule has 0 aliphatic heterocycles. The van der Waals surface area contributed by atoms with Crippen LogP contribution in [0.3, 0.4) is 0 Å². The van der Waals surface area contributed by atoms with Gasteiger partial charge in [-0.25, -0.2) is 9.59 Å². The quantitative estimate of drug-likeness (QED) is 0.433. The molecule has 0 saturated heterocycles. The standard InChI is InChI=1S/C20H10O3/c21-19-15-7-5-13-9-11-3-1-2-4-12(11)10-14-6-8-16(20(22)23-19)18(15)17(13)14/h1-10H. The van der Waals surface area contributed by atoms with Crippen LogP contribution in [0.1, 0.15) is 0 Å². The molecule has 0 unspecified atom stereocenters. The molecule has 5 aromatic rings. The van der Waals surface area contributed by atoms with Gasteiger partial charge in [0.25, 0.3) is 0 Å². The number of benzene rings is 3. The molecule has 0 saturated carbocycles. The minimum atomic E-state index is -0.576. The fourth-order valence-corrected chi connectivity index (χ4v) is 3.43. The van der Waals surface area contributed by atoms with Crippen molar-refractivity contribution < 1.29 is 4.42 Å². The summed E-state index contributed by atoms with van der Waals surface area (Å²) in [5, 5.41) is 6.77. The molecular formula is C20H10O3. The molecule has 108 valence electrons. The highest BCUT2D eigenvalue weighted by Crippen LogP contribution is 2.33. The summed E-state index contributed by atoms with van der Waals surface area (Å²) in [7, 11) is 0. The molecule has 0 N–H and O–H groups in total. The average molecular weight is 298 g/mol. The molecule has 0 aliphatic carbocycles. The van der Waals surface area contributed by atoms with Crippen LogP contribution in [0, 0.1) is 0 Å². The van der Waals surface area contributed by atoms with Crippen LogP contribution in [0.15, 0.2) is 74.7 Å². The Kier molecular flexibility index (Phi) is 2.24. The third-order valence-corrected chi connectivity index (χ3v) is 4.47. The Bertz CT molecular complexity index is 1250. The Hall–Kier alpha value is -3.20. The first-order valence-electron chi connectivity index (χ1n) is 7.37. The van der Waals surface area contributed by atoms with Crippen molar-refractivity contribution >= 4 is 43.1 Å². The van der Waals surface area contributed by atoms with E-state index >= 15 is 0 Å². The zero-order valence-corrected chi connectivity index (χ0v) is 12.0. The van der Waals surface area contributed by atoms with Gasteiger partial charge in [0, 0.05) is 5.39 Å². The lowest BCUT2D eigenvalue weighted by Gasteiger charge is -2.05. The lowest BCUT2D eigenvalue weighted by Crippen LogP contribution is -2.11. The minimum Gasteiger partial charge on any atom is -0.386 e. The van der Waals surface area contributed by atoms with Crippen molar-refractivity contribution in [3.05, 3.63) is 81.5 Å². The van der Waals surface area contributed by atoms with Crippen LogP contribution in [-0.2, 0) is 0 Å². The highest BCUT2D eigenvalue weighted by atomic mass is 16.4. The smallest absolute Gasteiger partial charge is 0.346 e. The largest absolute Gasteiger partial charge is 0.386 e. The van der Waals surface area contributed by atoms with Gasteiger partial charge in [-0.3, -0.25) is 0 Å². The molecule has 23 heavy (non-hydrogen) atoms. The Morgan fingerprint density at radius 3 is 1.61 bits per heavy atom. The molecule has 0 amide bonds. The van der Waals surface area contributed by atoms with Gasteiger partial charge in [-0.1, -0.05) is 36.4 Å². The number of fused-ring (bicyclic) bond motifs is 1. The maximum absolute atomic E-state index is 12.1. The first kappa shape index (κ1) is 12.4. The van der Waals surface area contributed by atoms with Gasteiger partial charge in [0.15, 0.2) is 0 Å². The molecule has 0 atom stereocenters. The molecule has 1 aromatic heterocycles. The summed E-state index contributed by atoms with van der Waals surface area (Å²) in [6, 6.07) is 19.6. The van der Waals surface area contributed by atoms with Gasteiger partial charge >= 0.3 is 11.3 Å². The normalized spacial score (nSPS) is 11.8. The molecule has 0 spiro atoms. The molecule has 0 radical (unpaired) electrons. The predicted octanol–water partition coefficient (Wildman–Crippen LogP) is 4.05. The molecule has 0 fully saturated rings. The molecule has 0 aliphatic rings. The van der Waals surface area contributed by atoms with E-state index in [9.17, 15) is 9.59 Å². The first-order chi connectivity index (χ1) is 11.2. The Balaban J connectivity index is 2.24. The third-order valence-electron chi connectivity index (χ3n) is 4.47. The molecule has 4 aromatic carbocycles. The first-order valence-corrected chi connectivity index (χ1v) is 7.37. The predicted molar refractivity (Wildman–Crippen MR) is 92.5 cm³/mol. The van der Waals surface area contributed by atoms with E-state index < -0.39 is 11.3 Å². The summed E-state index contributed by atoms with van der Waals surface area (Å²) < 4.78 is 4.83. The van der Waals surface area contributed by atoms with Gasteiger partial charge in [0.1, 0.15) is 0 Å². The Morgan fingerprint density at radius 2 is 1.09 bits per heavy atom. The maximum Gasteiger partial charge on any atom is 0.346 e. The fraction of sp³-hybridized carbons (Fsp3) is 0. The van der Waals surface area contributed by atoms with Crippen LogP contribution in [0.2, 0.25) is 0 Å². The van der Waals surface area contributed by atoms with Crippen molar-refractivity contribution in [1.29, 1.82) is 0 Å². The van der Waals surface area contributed by atoms with Gasteiger partial charge < -0.3 is 4.42 Å². The Morgan fingerprint density at radius 1 is 0.565 bits per heavy atom. The van der Waals surface area contributed by atoms with Crippen molar-refractivity contribution in [2.75, 3.05) is 0 Å². The number of hydrogen-bond acceptors (Lipinski definition) is 3. The van der Waals surface area contributed by atoms with E-state index in [2.05, 4.69) is 24.3 Å². The zero-order chi connectivity index (χ0) is 15.6. The molecule has 3 nitrogen and oxygen atoms in total. The molecule has 1 heterocycles. The maximum atomic E-state index is 12.1. The second-order valence-corrected chi connectivity index (χ2v) is 5.75. The lowest BCUT2D eigenvalue weighted by atomic mass is 9.98. The van der Waals surface area contributed by atoms with Gasteiger partial charge in [-0.15, -0.1) is 0 Å². The van der Waals surface area contributed by atoms with Crippen LogP contribution in [-0.4, -0.2) is 0 Å². The summed E-state index contributed by atoms with van der Waals surface area (Å²) >= 11 is 0. The van der Waals surface area contributed by atoms with Gasteiger partial charge in [0.05, 0.1) is 10.8 Å². The molecule has 3 heteroatoms.